The summed E-state index contributed by atoms with van der Waals surface area (Å²) in [5.41, 5.74) is 1.43. The lowest BCUT2D eigenvalue weighted by Crippen LogP contribution is -2.16. The van der Waals surface area contributed by atoms with Crippen LogP contribution in [-0.4, -0.2) is 18.5 Å². The van der Waals surface area contributed by atoms with Crippen molar-refractivity contribution in [3.8, 4) is 0 Å². The first kappa shape index (κ1) is 16.0. The fourth-order valence-electron chi connectivity index (χ4n) is 1.98. The highest BCUT2D eigenvalue weighted by molar-refractivity contribution is 7.16. The molecule has 21 heavy (non-hydrogen) atoms. The minimum absolute atomic E-state index is 0.0208. The van der Waals surface area contributed by atoms with Gasteiger partial charge >= 0.3 is 5.97 Å². The molecule has 1 aliphatic rings. The maximum atomic E-state index is 12.3. The number of nitrogens with one attached hydrogen (secondary N) is 1. The van der Waals surface area contributed by atoms with Crippen molar-refractivity contribution in [3.05, 3.63) is 16.0 Å². The number of amides is 1. The number of esters is 1. The Hall–Kier alpha value is -1.36. The number of rotatable bonds is 6. The van der Waals surface area contributed by atoms with E-state index in [9.17, 15) is 9.59 Å². The molecule has 1 aromatic heterocycles. The standard InChI is InChI=1S/C16H23NO3S/c1-9(2)7-8-20-16(19)13-10(3)11(4)21-15(13)17-14(18)12-5-6-12/h9,12H,5-8H2,1-4H3,(H,17,18). The molecule has 1 amide bonds. The molecule has 1 heterocycles. The van der Waals surface area contributed by atoms with E-state index in [0.717, 1.165) is 29.7 Å². The van der Waals surface area contributed by atoms with E-state index in [2.05, 4.69) is 19.2 Å². The predicted octanol–water partition coefficient (Wildman–Crippen LogP) is 3.92. The van der Waals surface area contributed by atoms with Crippen LogP contribution in [0.1, 0.15) is 53.9 Å². The number of thiophene rings is 1. The molecule has 0 aromatic carbocycles. The molecule has 0 radical (unpaired) electrons. The van der Waals surface area contributed by atoms with Gasteiger partial charge in [0.25, 0.3) is 0 Å². The summed E-state index contributed by atoms with van der Waals surface area (Å²) in [6, 6.07) is 0. The summed E-state index contributed by atoms with van der Waals surface area (Å²) in [4.78, 5) is 25.2. The molecule has 1 fully saturated rings. The van der Waals surface area contributed by atoms with Crippen LogP contribution in [-0.2, 0) is 9.53 Å². The zero-order valence-electron chi connectivity index (χ0n) is 13.1. The van der Waals surface area contributed by atoms with Crippen molar-refractivity contribution in [2.45, 2.75) is 47.0 Å². The summed E-state index contributed by atoms with van der Waals surface area (Å²) in [6.07, 6.45) is 2.74. The highest BCUT2D eigenvalue weighted by atomic mass is 32.1. The van der Waals surface area contributed by atoms with Gasteiger partial charge in [-0.25, -0.2) is 4.79 Å². The van der Waals surface area contributed by atoms with Crippen molar-refractivity contribution in [1.29, 1.82) is 0 Å². The second kappa shape index (κ2) is 6.60. The maximum Gasteiger partial charge on any atom is 0.341 e. The summed E-state index contributed by atoms with van der Waals surface area (Å²) in [6.45, 7) is 8.46. The average molecular weight is 309 g/mol. The van der Waals surface area contributed by atoms with Crippen LogP contribution in [0.2, 0.25) is 0 Å². The second-order valence-corrected chi connectivity index (χ2v) is 7.29. The van der Waals surface area contributed by atoms with E-state index in [1.54, 1.807) is 0 Å². The van der Waals surface area contributed by atoms with Crippen molar-refractivity contribution < 1.29 is 14.3 Å². The van der Waals surface area contributed by atoms with E-state index >= 15 is 0 Å². The smallest absolute Gasteiger partial charge is 0.341 e. The molecule has 1 aliphatic carbocycles. The second-order valence-electron chi connectivity index (χ2n) is 6.07. The zero-order valence-corrected chi connectivity index (χ0v) is 13.9. The number of hydrogen-bond acceptors (Lipinski definition) is 4. The molecule has 0 atom stereocenters. The largest absolute Gasteiger partial charge is 0.462 e. The molecule has 2 rings (SSSR count). The van der Waals surface area contributed by atoms with E-state index in [1.165, 1.54) is 11.3 Å². The van der Waals surface area contributed by atoms with Gasteiger partial charge in [-0.2, -0.15) is 0 Å². The van der Waals surface area contributed by atoms with Gasteiger partial charge in [-0.15, -0.1) is 11.3 Å². The summed E-state index contributed by atoms with van der Waals surface area (Å²) in [7, 11) is 0. The van der Waals surface area contributed by atoms with Crippen molar-refractivity contribution in [1.82, 2.24) is 0 Å². The fraction of sp³-hybridized carbons (Fsp3) is 0.625. The maximum absolute atomic E-state index is 12.3. The van der Waals surface area contributed by atoms with Gasteiger partial charge in [0, 0.05) is 10.8 Å². The van der Waals surface area contributed by atoms with Crippen molar-refractivity contribution in [2.24, 2.45) is 11.8 Å². The Balaban J connectivity index is 2.08. The van der Waals surface area contributed by atoms with Crippen LogP contribution in [0.5, 0.6) is 0 Å². The minimum atomic E-state index is -0.330. The Labute approximate surface area is 129 Å². The monoisotopic (exact) mass is 309 g/mol. The number of hydrogen-bond donors (Lipinski definition) is 1. The molecule has 1 N–H and O–H groups in total. The van der Waals surface area contributed by atoms with Crippen molar-refractivity contribution in [3.63, 3.8) is 0 Å². The lowest BCUT2D eigenvalue weighted by Gasteiger charge is -2.09. The van der Waals surface area contributed by atoms with Crippen LogP contribution in [0.3, 0.4) is 0 Å². The SMILES string of the molecule is Cc1sc(NC(=O)C2CC2)c(C(=O)OCCC(C)C)c1C. The summed E-state index contributed by atoms with van der Waals surface area (Å²) >= 11 is 1.45. The highest BCUT2D eigenvalue weighted by Gasteiger charge is 2.31. The van der Waals surface area contributed by atoms with Gasteiger partial charge < -0.3 is 10.1 Å². The van der Waals surface area contributed by atoms with Gasteiger partial charge in [0.1, 0.15) is 5.00 Å². The molecule has 5 heteroatoms. The number of aryl methyl sites for hydroxylation is 1. The molecule has 0 saturated heterocycles. The third-order valence-corrected chi connectivity index (χ3v) is 4.83. The molecule has 116 valence electrons. The zero-order chi connectivity index (χ0) is 15.6. The van der Waals surface area contributed by atoms with Crippen LogP contribution >= 0.6 is 11.3 Å². The Kier molecular flexibility index (Phi) is 5.04. The Morgan fingerprint density at radius 3 is 2.57 bits per heavy atom. The number of carbonyl (C=O) groups excluding carboxylic acids is 2. The average Bonchev–Trinajstić information content (AvgIpc) is 3.18. The third kappa shape index (κ3) is 4.06. The number of anilines is 1. The normalized spacial score (nSPS) is 14.3. The first-order chi connectivity index (χ1) is 9.90. The number of ether oxygens (including phenoxy) is 1. The Bertz CT molecular complexity index is 544. The predicted molar refractivity (Wildman–Crippen MR) is 84.9 cm³/mol. The van der Waals surface area contributed by atoms with Crippen LogP contribution in [0.15, 0.2) is 0 Å². The Morgan fingerprint density at radius 1 is 1.33 bits per heavy atom. The van der Waals surface area contributed by atoms with Crippen molar-refractivity contribution in [2.75, 3.05) is 11.9 Å². The molecular formula is C16H23NO3S. The molecule has 0 unspecified atom stereocenters. The molecule has 1 saturated carbocycles. The lowest BCUT2D eigenvalue weighted by atomic mass is 10.1. The highest BCUT2D eigenvalue weighted by Crippen LogP contribution is 2.36. The molecule has 0 spiro atoms. The number of carbonyl (C=O) groups is 2. The molecule has 4 nitrogen and oxygen atoms in total. The van der Waals surface area contributed by atoms with Gasteiger partial charge in [0.2, 0.25) is 5.91 Å². The fourth-order valence-corrected chi connectivity index (χ4v) is 3.03. The minimum Gasteiger partial charge on any atom is -0.462 e. The van der Waals surface area contributed by atoms with Crippen LogP contribution in [0.4, 0.5) is 5.00 Å². The first-order valence-corrected chi connectivity index (χ1v) is 8.29. The summed E-state index contributed by atoms with van der Waals surface area (Å²) < 4.78 is 5.35. The van der Waals surface area contributed by atoms with E-state index < -0.39 is 0 Å². The van der Waals surface area contributed by atoms with E-state index in [1.807, 2.05) is 13.8 Å². The Morgan fingerprint density at radius 2 is 2.00 bits per heavy atom. The first-order valence-electron chi connectivity index (χ1n) is 7.48. The van der Waals surface area contributed by atoms with Gasteiger partial charge in [-0.05, 0) is 44.6 Å². The lowest BCUT2D eigenvalue weighted by molar-refractivity contribution is -0.117. The molecule has 1 aromatic rings. The van der Waals surface area contributed by atoms with Gasteiger partial charge in [0.15, 0.2) is 0 Å². The van der Waals surface area contributed by atoms with E-state index in [0.29, 0.717) is 23.1 Å². The van der Waals surface area contributed by atoms with Gasteiger partial charge in [-0.3, -0.25) is 4.79 Å². The quantitative estimate of drug-likeness (QED) is 0.810. The van der Waals surface area contributed by atoms with Gasteiger partial charge in [0.05, 0.1) is 12.2 Å². The van der Waals surface area contributed by atoms with E-state index in [4.69, 9.17) is 4.74 Å². The van der Waals surface area contributed by atoms with Crippen LogP contribution in [0.25, 0.3) is 0 Å². The van der Waals surface area contributed by atoms with Crippen LogP contribution in [0, 0.1) is 25.7 Å². The van der Waals surface area contributed by atoms with Crippen molar-refractivity contribution >= 4 is 28.2 Å². The summed E-state index contributed by atoms with van der Waals surface area (Å²) in [5.74, 6) is 0.311. The molecule has 0 aliphatic heterocycles. The summed E-state index contributed by atoms with van der Waals surface area (Å²) in [5, 5.41) is 3.53. The van der Waals surface area contributed by atoms with Crippen LogP contribution < -0.4 is 5.32 Å². The molecule has 0 bridgehead atoms. The third-order valence-electron chi connectivity index (χ3n) is 3.70. The van der Waals surface area contributed by atoms with Gasteiger partial charge in [-0.1, -0.05) is 13.8 Å². The van der Waals surface area contributed by atoms with E-state index in [-0.39, 0.29) is 17.8 Å². The topological polar surface area (TPSA) is 55.4 Å². The molecular weight excluding hydrogens is 286 g/mol.